The molecule has 25 heavy (non-hydrogen) atoms. The fourth-order valence-corrected chi connectivity index (χ4v) is 3.43. The Labute approximate surface area is 149 Å². The highest BCUT2D eigenvalue weighted by molar-refractivity contribution is 8.16. The van der Waals surface area contributed by atoms with Gasteiger partial charge in [0.25, 0.3) is 11.1 Å². The highest BCUT2D eigenvalue weighted by Crippen LogP contribution is 2.33. The number of nitrogens with one attached hydrogen (secondary N) is 1. The summed E-state index contributed by atoms with van der Waals surface area (Å²) in [5, 5.41) is 1.80. The van der Waals surface area contributed by atoms with Crippen LogP contribution in [0.25, 0.3) is 0 Å². The topological polar surface area (TPSA) is 75.7 Å². The zero-order valence-electron chi connectivity index (χ0n) is 13.7. The van der Waals surface area contributed by atoms with E-state index >= 15 is 0 Å². The maximum Gasteiger partial charge on any atom is 0.339 e. The van der Waals surface area contributed by atoms with Crippen molar-refractivity contribution < 1.29 is 19.1 Å². The summed E-state index contributed by atoms with van der Waals surface area (Å²) in [4.78, 5) is 38.0. The molecular weight excluding hydrogens is 340 g/mol. The number of hydrogen-bond donors (Lipinski definition) is 1. The van der Waals surface area contributed by atoms with Crippen LogP contribution in [0.1, 0.15) is 15.9 Å². The number of carbonyl (C=O) groups excluding carboxylic acids is 3. The Morgan fingerprint density at radius 1 is 1.16 bits per heavy atom. The van der Waals surface area contributed by atoms with Gasteiger partial charge in [0.05, 0.1) is 18.4 Å². The number of benzene rings is 2. The molecule has 2 aromatic rings. The van der Waals surface area contributed by atoms with E-state index in [1.54, 1.807) is 42.5 Å². The van der Waals surface area contributed by atoms with Gasteiger partial charge in [0, 0.05) is 5.69 Å². The smallest absolute Gasteiger partial charge is 0.339 e. The second kappa shape index (κ2) is 6.98. The summed E-state index contributed by atoms with van der Waals surface area (Å²) in [6.45, 7) is 1.89. The molecule has 1 heterocycles. The van der Waals surface area contributed by atoms with Crippen molar-refractivity contribution in [2.75, 3.05) is 17.3 Å². The lowest BCUT2D eigenvalue weighted by Crippen LogP contribution is -2.34. The molecule has 7 heteroatoms. The van der Waals surface area contributed by atoms with Crippen molar-refractivity contribution in [3.63, 3.8) is 0 Å². The van der Waals surface area contributed by atoms with Gasteiger partial charge in [-0.05, 0) is 48.5 Å². The summed E-state index contributed by atoms with van der Waals surface area (Å²) in [5.74, 6) is -0.888. The number of anilines is 2. The zero-order chi connectivity index (χ0) is 18.0. The molecule has 0 aromatic heterocycles. The van der Waals surface area contributed by atoms with Gasteiger partial charge in [0.2, 0.25) is 0 Å². The molecule has 1 atom stereocenters. The molecule has 1 aliphatic rings. The van der Waals surface area contributed by atoms with Crippen LogP contribution in [-0.4, -0.2) is 29.6 Å². The first-order valence-corrected chi connectivity index (χ1v) is 8.44. The van der Waals surface area contributed by atoms with Crippen LogP contribution in [0.2, 0.25) is 0 Å². The summed E-state index contributed by atoms with van der Waals surface area (Å²) in [7, 11) is 1.29. The lowest BCUT2D eigenvalue weighted by atomic mass is 10.1. The molecule has 0 bridgehead atoms. The third-order valence-electron chi connectivity index (χ3n) is 3.72. The van der Waals surface area contributed by atoms with E-state index in [9.17, 15) is 14.4 Å². The summed E-state index contributed by atoms with van der Waals surface area (Å²) in [6, 6.07) is 13.9. The van der Waals surface area contributed by atoms with Crippen LogP contribution in [0.4, 0.5) is 16.2 Å². The third kappa shape index (κ3) is 3.36. The molecule has 1 fully saturated rings. The first kappa shape index (κ1) is 17.0. The molecule has 1 saturated heterocycles. The van der Waals surface area contributed by atoms with Crippen molar-refractivity contribution in [2.24, 2.45) is 0 Å². The monoisotopic (exact) mass is 356 g/mol. The van der Waals surface area contributed by atoms with Gasteiger partial charge in [-0.3, -0.25) is 9.59 Å². The molecule has 0 aliphatic carbocycles. The largest absolute Gasteiger partial charge is 0.465 e. The predicted molar refractivity (Wildman–Crippen MR) is 96.8 cm³/mol. The van der Waals surface area contributed by atoms with E-state index in [1.807, 2.05) is 13.0 Å². The van der Waals surface area contributed by atoms with Crippen molar-refractivity contribution >= 4 is 40.3 Å². The number of methoxy groups -OCH3 is 1. The van der Waals surface area contributed by atoms with Crippen molar-refractivity contribution in [3.05, 3.63) is 59.7 Å². The molecule has 2 aromatic carbocycles. The average molecular weight is 356 g/mol. The van der Waals surface area contributed by atoms with Gasteiger partial charge in [-0.2, -0.15) is 0 Å². The normalized spacial score (nSPS) is 16.9. The number of thioether (sulfide) groups is 1. The molecule has 6 nitrogen and oxygen atoms in total. The molecule has 1 N–H and O–H groups in total. The van der Waals surface area contributed by atoms with Crippen LogP contribution < -0.4 is 10.2 Å². The summed E-state index contributed by atoms with van der Waals surface area (Å²) < 4.78 is 4.74. The fourth-order valence-electron chi connectivity index (χ4n) is 2.54. The Hall–Kier alpha value is -2.80. The Morgan fingerprint density at radius 2 is 1.92 bits per heavy atom. The standard InChI is InChI=1S/C18H16N2O4S/c1-11-6-5-7-12(10-11)20-16(21)15(25-18(20)23)19-14-9-4-3-8-13(14)17(22)24-2/h3-10,15,19H,1-2H3/t15-/m1/s1. The second-order valence-corrected chi connectivity index (χ2v) is 6.51. The lowest BCUT2D eigenvalue weighted by Gasteiger charge is -2.16. The third-order valence-corrected chi connectivity index (χ3v) is 4.66. The summed E-state index contributed by atoms with van der Waals surface area (Å²) in [5.41, 5.74) is 2.24. The molecule has 3 rings (SSSR count). The molecule has 128 valence electrons. The van der Waals surface area contributed by atoms with E-state index in [-0.39, 0.29) is 11.1 Å². The van der Waals surface area contributed by atoms with Gasteiger partial charge in [0.15, 0.2) is 5.37 Å². The highest BCUT2D eigenvalue weighted by Gasteiger charge is 2.41. The molecular formula is C18H16N2O4S. The van der Waals surface area contributed by atoms with Gasteiger partial charge in [-0.15, -0.1) is 0 Å². The van der Waals surface area contributed by atoms with E-state index in [2.05, 4.69) is 5.32 Å². The number of nitrogens with zero attached hydrogens (tertiary/aromatic N) is 1. The number of imide groups is 1. The van der Waals surface area contributed by atoms with E-state index < -0.39 is 11.3 Å². The van der Waals surface area contributed by atoms with Crippen molar-refractivity contribution in [2.45, 2.75) is 12.3 Å². The minimum absolute atomic E-state index is 0.305. The fraction of sp³-hybridized carbons (Fsp3) is 0.167. The number of hydrogen-bond acceptors (Lipinski definition) is 6. The van der Waals surface area contributed by atoms with Crippen LogP contribution in [0.5, 0.6) is 0 Å². The van der Waals surface area contributed by atoms with E-state index in [0.29, 0.717) is 16.9 Å². The predicted octanol–water partition coefficient (Wildman–Crippen LogP) is 3.42. The maximum absolute atomic E-state index is 12.7. The quantitative estimate of drug-likeness (QED) is 0.846. The Balaban J connectivity index is 1.85. The number of ether oxygens (including phenoxy) is 1. The zero-order valence-corrected chi connectivity index (χ0v) is 14.5. The molecule has 0 unspecified atom stereocenters. The molecule has 0 spiro atoms. The first-order valence-electron chi connectivity index (χ1n) is 7.56. The van der Waals surface area contributed by atoms with E-state index in [0.717, 1.165) is 22.2 Å². The Bertz CT molecular complexity index is 852. The molecule has 2 amide bonds. The van der Waals surface area contributed by atoms with Crippen LogP contribution in [-0.2, 0) is 9.53 Å². The van der Waals surface area contributed by atoms with Crippen LogP contribution >= 0.6 is 11.8 Å². The summed E-state index contributed by atoms with van der Waals surface area (Å²) in [6.07, 6.45) is 0. The number of aryl methyl sites for hydroxylation is 1. The number of para-hydroxylation sites is 1. The van der Waals surface area contributed by atoms with Gasteiger partial charge in [-0.1, -0.05) is 24.3 Å². The number of carbonyl (C=O) groups is 3. The van der Waals surface area contributed by atoms with E-state index in [1.165, 1.54) is 7.11 Å². The highest BCUT2D eigenvalue weighted by atomic mass is 32.2. The minimum Gasteiger partial charge on any atom is -0.465 e. The van der Waals surface area contributed by atoms with Crippen molar-refractivity contribution in [3.8, 4) is 0 Å². The van der Waals surface area contributed by atoms with Crippen molar-refractivity contribution in [1.82, 2.24) is 0 Å². The molecule has 1 aliphatic heterocycles. The van der Waals surface area contributed by atoms with Gasteiger partial charge >= 0.3 is 5.97 Å². The van der Waals surface area contributed by atoms with Crippen LogP contribution in [0.3, 0.4) is 0 Å². The molecule has 0 saturated carbocycles. The second-order valence-electron chi connectivity index (χ2n) is 5.46. The van der Waals surface area contributed by atoms with Gasteiger partial charge in [-0.25, -0.2) is 9.69 Å². The van der Waals surface area contributed by atoms with Crippen molar-refractivity contribution in [1.29, 1.82) is 0 Å². The first-order chi connectivity index (χ1) is 12.0. The number of rotatable bonds is 4. The SMILES string of the molecule is COC(=O)c1ccccc1N[C@@H]1SC(=O)N(c2cccc(C)c2)C1=O. The number of esters is 1. The summed E-state index contributed by atoms with van der Waals surface area (Å²) >= 11 is 0.880. The minimum atomic E-state index is -0.807. The maximum atomic E-state index is 12.7. The Kier molecular flexibility index (Phi) is 4.76. The lowest BCUT2D eigenvalue weighted by molar-refractivity contribution is -0.116. The van der Waals surface area contributed by atoms with Gasteiger partial charge < -0.3 is 10.1 Å². The number of amides is 2. The van der Waals surface area contributed by atoms with Crippen LogP contribution in [0.15, 0.2) is 48.5 Å². The molecule has 0 radical (unpaired) electrons. The average Bonchev–Trinajstić information content (AvgIpc) is 2.88. The van der Waals surface area contributed by atoms with Gasteiger partial charge in [0.1, 0.15) is 0 Å². The van der Waals surface area contributed by atoms with Crippen LogP contribution in [0, 0.1) is 6.92 Å². The van der Waals surface area contributed by atoms with E-state index in [4.69, 9.17) is 4.74 Å². The Morgan fingerprint density at radius 3 is 2.64 bits per heavy atom.